The molecular formula is C33H40F3N9O3. The number of imidazole rings is 1. The van der Waals surface area contributed by atoms with Gasteiger partial charge in [0.1, 0.15) is 17.0 Å². The van der Waals surface area contributed by atoms with Crippen LogP contribution in [0.1, 0.15) is 50.3 Å². The van der Waals surface area contributed by atoms with Crippen molar-refractivity contribution >= 4 is 28.6 Å². The Kier molecular flexibility index (Phi) is 9.27. The van der Waals surface area contributed by atoms with E-state index in [1.54, 1.807) is 25.6 Å². The van der Waals surface area contributed by atoms with Gasteiger partial charge in [-0.2, -0.15) is 13.2 Å². The topological polar surface area (TPSA) is 136 Å². The van der Waals surface area contributed by atoms with Crippen LogP contribution >= 0.6 is 0 Å². The molecule has 2 N–H and O–H groups in total. The number of aliphatic carboxylic acids is 1. The summed E-state index contributed by atoms with van der Waals surface area (Å²) < 4.78 is 47.8. The predicted molar refractivity (Wildman–Crippen MR) is 175 cm³/mol. The van der Waals surface area contributed by atoms with Crippen LogP contribution in [0.3, 0.4) is 0 Å². The molecule has 12 nitrogen and oxygen atoms in total. The molecule has 2 fully saturated rings. The van der Waals surface area contributed by atoms with Crippen LogP contribution in [0.2, 0.25) is 0 Å². The molecule has 0 aromatic carbocycles. The van der Waals surface area contributed by atoms with E-state index in [0.717, 1.165) is 19.2 Å². The van der Waals surface area contributed by atoms with Crippen molar-refractivity contribution in [2.24, 2.45) is 5.41 Å². The van der Waals surface area contributed by atoms with Crippen molar-refractivity contribution in [3.8, 4) is 22.8 Å². The number of hydrogen-bond acceptors (Lipinski definition) is 10. The molecule has 1 aliphatic heterocycles. The standard InChI is InChI=1S/C33H40F3N9O3/c1-32(2,19-48-4)18-43(3)25-14-23(21-13-22(33(34,35)36)28(39-15-21)20-5-6-20)40-31-29(25)41-30(42-31)24-16-38-26(17-37-24)45-11-9-44(10-12-45)8-7-27(46)47/h13-17,20H,5-12,18-19H2,1-4H3,(H,46,47)(H,40,41,42). The number of rotatable bonds is 12. The van der Waals surface area contributed by atoms with E-state index in [2.05, 4.69) is 43.6 Å². The van der Waals surface area contributed by atoms with Crippen LogP contribution < -0.4 is 9.80 Å². The molecule has 0 bridgehead atoms. The number of halogens is 3. The van der Waals surface area contributed by atoms with Crippen molar-refractivity contribution in [3.63, 3.8) is 0 Å². The molecule has 4 aromatic rings. The zero-order valence-corrected chi connectivity index (χ0v) is 27.5. The molecule has 4 aromatic heterocycles. The smallest absolute Gasteiger partial charge is 0.418 e. The molecule has 48 heavy (non-hydrogen) atoms. The maximum absolute atomic E-state index is 14.1. The number of anilines is 2. The molecule has 1 saturated heterocycles. The highest BCUT2D eigenvalue weighted by molar-refractivity contribution is 5.91. The highest BCUT2D eigenvalue weighted by atomic mass is 19.4. The maximum Gasteiger partial charge on any atom is 0.418 e. The van der Waals surface area contributed by atoms with Gasteiger partial charge in [-0.05, 0) is 25.0 Å². The van der Waals surface area contributed by atoms with E-state index in [1.807, 2.05) is 11.9 Å². The highest BCUT2D eigenvalue weighted by Gasteiger charge is 2.39. The molecule has 256 valence electrons. The van der Waals surface area contributed by atoms with Gasteiger partial charge in [0.05, 0.1) is 48.1 Å². The number of carboxylic acid groups (broad SMARTS) is 1. The minimum absolute atomic E-state index is 0.0927. The number of hydrogen-bond donors (Lipinski definition) is 2. The van der Waals surface area contributed by atoms with Crippen molar-refractivity contribution in [2.45, 2.75) is 45.2 Å². The summed E-state index contributed by atoms with van der Waals surface area (Å²) >= 11 is 0. The summed E-state index contributed by atoms with van der Waals surface area (Å²) in [7, 11) is 3.57. The lowest BCUT2D eigenvalue weighted by atomic mass is 9.94. The number of carbonyl (C=O) groups is 1. The minimum atomic E-state index is -4.53. The van der Waals surface area contributed by atoms with Gasteiger partial charge < -0.3 is 24.6 Å². The lowest BCUT2D eigenvalue weighted by molar-refractivity contribution is -0.139. The Hall–Kier alpha value is -4.37. The SMILES string of the molecule is COCC(C)(C)CN(C)c1cc(-c2cnc(C3CC3)c(C(F)(F)F)c2)nc2nc(-c3cnc(N4CCN(CCC(=O)O)CC4)cn3)[nH]c12. The fraction of sp³-hybridized carbons (Fsp3) is 0.515. The molecule has 1 aliphatic carbocycles. The number of aromatic nitrogens is 6. The van der Waals surface area contributed by atoms with E-state index < -0.39 is 17.7 Å². The van der Waals surface area contributed by atoms with E-state index in [9.17, 15) is 18.0 Å². The third kappa shape index (κ3) is 7.51. The molecule has 0 atom stereocenters. The Labute approximate surface area is 276 Å². The van der Waals surface area contributed by atoms with E-state index in [4.69, 9.17) is 19.8 Å². The van der Waals surface area contributed by atoms with Crippen LogP contribution in [0.5, 0.6) is 0 Å². The number of pyridine rings is 2. The second-order valence-corrected chi connectivity index (χ2v) is 13.4. The summed E-state index contributed by atoms with van der Waals surface area (Å²) in [5, 5.41) is 8.96. The Balaban J connectivity index is 1.32. The third-order valence-electron chi connectivity index (χ3n) is 8.75. The summed E-state index contributed by atoms with van der Waals surface area (Å²) in [6, 6.07) is 2.92. The van der Waals surface area contributed by atoms with Crippen LogP contribution in [-0.2, 0) is 15.7 Å². The van der Waals surface area contributed by atoms with Crippen molar-refractivity contribution in [1.82, 2.24) is 34.8 Å². The van der Waals surface area contributed by atoms with Gasteiger partial charge in [0.2, 0.25) is 0 Å². The summed E-state index contributed by atoms with van der Waals surface area (Å²) in [6.07, 6.45) is 1.77. The van der Waals surface area contributed by atoms with Gasteiger partial charge in [-0.3, -0.25) is 14.7 Å². The molecule has 0 unspecified atom stereocenters. The lowest BCUT2D eigenvalue weighted by Crippen LogP contribution is -2.47. The van der Waals surface area contributed by atoms with Gasteiger partial charge in [-0.1, -0.05) is 13.8 Å². The normalized spacial score (nSPS) is 16.1. The first kappa shape index (κ1) is 33.5. The molecular weight excluding hydrogens is 627 g/mol. The van der Waals surface area contributed by atoms with Gasteiger partial charge in [0, 0.05) is 76.5 Å². The van der Waals surface area contributed by atoms with Crippen LogP contribution in [0, 0.1) is 5.41 Å². The first-order chi connectivity index (χ1) is 22.8. The number of piperazine rings is 1. The third-order valence-corrected chi connectivity index (χ3v) is 8.75. The Morgan fingerprint density at radius 2 is 1.79 bits per heavy atom. The molecule has 2 aliphatic rings. The van der Waals surface area contributed by atoms with E-state index in [1.165, 1.54) is 6.20 Å². The van der Waals surface area contributed by atoms with Crippen LogP contribution in [-0.4, -0.2) is 106 Å². The van der Waals surface area contributed by atoms with Gasteiger partial charge in [0.15, 0.2) is 11.5 Å². The van der Waals surface area contributed by atoms with Crippen molar-refractivity contribution in [3.05, 3.63) is 42.0 Å². The molecule has 5 heterocycles. The number of fused-ring (bicyclic) bond motifs is 1. The Bertz CT molecular complexity index is 1770. The average Bonchev–Trinajstić information content (AvgIpc) is 3.80. The van der Waals surface area contributed by atoms with Crippen LogP contribution in [0.25, 0.3) is 33.9 Å². The lowest BCUT2D eigenvalue weighted by Gasteiger charge is -2.34. The van der Waals surface area contributed by atoms with Crippen LogP contribution in [0.15, 0.2) is 30.7 Å². The fourth-order valence-corrected chi connectivity index (χ4v) is 6.29. The number of nitrogens with one attached hydrogen (secondary N) is 1. The largest absolute Gasteiger partial charge is 0.481 e. The molecule has 0 radical (unpaired) electrons. The first-order valence-electron chi connectivity index (χ1n) is 16.0. The number of alkyl halides is 3. The second kappa shape index (κ2) is 13.3. The maximum atomic E-state index is 14.1. The molecule has 6 rings (SSSR count). The first-order valence-corrected chi connectivity index (χ1v) is 16.0. The number of methoxy groups -OCH3 is 1. The van der Waals surface area contributed by atoms with E-state index in [-0.39, 0.29) is 29.0 Å². The van der Waals surface area contributed by atoms with Gasteiger partial charge in [-0.25, -0.2) is 19.9 Å². The Morgan fingerprint density at radius 1 is 1.04 bits per heavy atom. The summed E-state index contributed by atoms with van der Waals surface area (Å²) in [5.41, 5.74) is 1.87. The molecule has 0 amide bonds. The van der Waals surface area contributed by atoms with Crippen molar-refractivity contribution in [1.29, 1.82) is 0 Å². The summed E-state index contributed by atoms with van der Waals surface area (Å²) in [4.78, 5) is 43.5. The van der Waals surface area contributed by atoms with Crippen molar-refractivity contribution < 1.29 is 27.8 Å². The van der Waals surface area contributed by atoms with Gasteiger partial charge >= 0.3 is 12.1 Å². The number of aromatic amines is 1. The van der Waals surface area contributed by atoms with Crippen molar-refractivity contribution in [2.75, 3.05) is 69.8 Å². The van der Waals surface area contributed by atoms with Crippen LogP contribution in [0.4, 0.5) is 24.7 Å². The number of nitrogens with zero attached hydrogens (tertiary/aromatic N) is 8. The summed E-state index contributed by atoms with van der Waals surface area (Å²) in [5.74, 6) is 0.165. The fourth-order valence-electron chi connectivity index (χ4n) is 6.29. The zero-order chi connectivity index (χ0) is 34.2. The molecule has 15 heteroatoms. The second-order valence-electron chi connectivity index (χ2n) is 13.4. The zero-order valence-electron chi connectivity index (χ0n) is 27.5. The van der Waals surface area contributed by atoms with Gasteiger partial charge in [-0.15, -0.1) is 0 Å². The average molecular weight is 668 g/mol. The van der Waals surface area contributed by atoms with E-state index in [0.29, 0.717) is 85.5 Å². The predicted octanol–water partition coefficient (Wildman–Crippen LogP) is 5.08. The Morgan fingerprint density at radius 3 is 2.42 bits per heavy atom. The quantitative estimate of drug-likeness (QED) is 0.209. The van der Waals surface area contributed by atoms with Gasteiger partial charge in [0.25, 0.3) is 0 Å². The van der Waals surface area contributed by atoms with E-state index >= 15 is 0 Å². The highest BCUT2D eigenvalue weighted by Crippen LogP contribution is 2.46. The molecule has 1 saturated carbocycles. The minimum Gasteiger partial charge on any atom is -0.481 e. The molecule has 0 spiro atoms. The number of H-pyrrole nitrogens is 1. The summed E-state index contributed by atoms with van der Waals surface area (Å²) in [6.45, 7) is 8.62. The number of carboxylic acids is 1. The number of ether oxygens (including phenoxy) is 1. The monoisotopic (exact) mass is 667 g/mol.